The minimum absolute atomic E-state index is 0.322. The maximum atomic E-state index is 12.9. The van der Waals surface area contributed by atoms with Crippen LogP contribution in [0.3, 0.4) is 0 Å². The molecule has 5 aromatic rings. The van der Waals surface area contributed by atoms with Crippen molar-refractivity contribution in [3.63, 3.8) is 0 Å². The fourth-order valence-electron chi connectivity index (χ4n) is 4.78. The zero-order valence-corrected chi connectivity index (χ0v) is 25.6. The largest absolute Gasteiger partial charge is 0.493 e. The van der Waals surface area contributed by atoms with Crippen molar-refractivity contribution in [1.82, 2.24) is 15.2 Å². The fraction of sp³-hybridized carbons (Fsp3) is 0.194. The number of carbonyl (C=O) groups is 1. The number of benzene rings is 4. The van der Waals surface area contributed by atoms with E-state index in [0.29, 0.717) is 40.8 Å². The molecule has 5 rings (SSSR count). The van der Waals surface area contributed by atoms with Crippen LogP contribution in [0.5, 0.6) is 17.2 Å². The normalized spacial score (nSPS) is 11.1. The van der Waals surface area contributed by atoms with Gasteiger partial charge >= 0.3 is 0 Å². The average molecular weight is 589 g/mol. The zero-order valence-electron chi connectivity index (χ0n) is 25.6. The van der Waals surface area contributed by atoms with Crippen molar-refractivity contribution >= 4 is 12.1 Å². The molecule has 8 heteroatoms. The summed E-state index contributed by atoms with van der Waals surface area (Å²) in [6.45, 7) is 6.77. The third-order valence-corrected chi connectivity index (χ3v) is 7.19. The van der Waals surface area contributed by atoms with E-state index < -0.39 is 0 Å². The van der Waals surface area contributed by atoms with E-state index in [1.165, 1.54) is 5.56 Å². The highest BCUT2D eigenvalue weighted by atomic mass is 16.5. The minimum atomic E-state index is -0.322. The van der Waals surface area contributed by atoms with Gasteiger partial charge in [-0.15, -0.1) is 0 Å². The van der Waals surface area contributed by atoms with Gasteiger partial charge in [-0.3, -0.25) is 4.79 Å². The van der Waals surface area contributed by atoms with Gasteiger partial charge < -0.3 is 14.2 Å². The predicted octanol–water partition coefficient (Wildman–Crippen LogP) is 7.33. The van der Waals surface area contributed by atoms with Crippen molar-refractivity contribution in [2.45, 2.75) is 33.3 Å². The summed E-state index contributed by atoms with van der Waals surface area (Å²) in [7, 11) is 3.19. The number of nitrogens with one attached hydrogen (secondary N) is 1. The molecule has 44 heavy (non-hydrogen) atoms. The molecule has 4 aromatic carbocycles. The molecular weight excluding hydrogens is 552 g/mol. The molecule has 1 amide bonds. The number of amides is 1. The highest BCUT2D eigenvalue weighted by molar-refractivity contribution is 5.95. The van der Waals surface area contributed by atoms with Gasteiger partial charge in [0.2, 0.25) is 0 Å². The molecule has 0 saturated carbocycles. The van der Waals surface area contributed by atoms with E-state index in [1.54, 1.807) is 37.2 Å². The Morgan fingerprint density at radius 2 is 1.66 bits per heavy atom. The number of hydrogen-bond acceptors (Lipinski definition) is 6. The number of aryl methyl sites for hydroxylation is 1. The molecule has 0 radical (unpaired) electrons. The number of methoxy groups -OCH3 is 2. The molecule has 0 aliphatic heterocycles. The van der Waals surface area contributed by atoms with Gasteiger partial charge in [0.15, 0.2) is 11.5 Å². The topological polar surface area (TPSA) is 87.0 Å². The van der Waals surface area contributed by atoms with Gasteiger partial charge in [0.25, 0.3) is 5.91 Å². The van der Waals surface area contributed by atoms with Crippen LogP contribution in [0.4, 0.5) is 0 Å². The molecule has 1 aromatic heterocycles. The van der Waals surface area contributed by atoms with E-state index in [4.69, 9.17) is 19.3 Å². The average Bonchev–Trinajstić information content (AvgIpc) is 3.48. The van der Waals surface area contributed by atoms with Crippen LogP contribution < -0.4 is 19.6 Å². The summed E-state index contributed by atoms with van der Waals surface area (Å²) in [6, 6.07) is 29.0. The van der Waals surface area contributed by atoms with Crippen LogP contribution >= 0.6 is 0 Å². The second kappa shape index (κ2) is 13.7. The first-order valence-electron chi connectivity index (χ1n) is 14.4. The lowest BCUT2D eigenvalue weighted by molar-refractivity contribution is 0.0955. The van der Waals surface area contributed by atoms with E-state index in [2.05, 4.69) is 49.5 Å². The first-order valence-corrected chi connectivity index (χ1v) is 14.4. The Hall–Kier alpha value is -5.37. The van der Waals surface area contributed by atoms with Crippen LogP contribution in [0.15, 0.2) is 102 Å². The number of ether oxygens (including phenoxy) is 3. The van der Waals surface area contributed by atoms with E-state index in [0.717, 1.165) is 28.1 Å². The molecule has 1 N–H and O–H groups in total. The summed E-state index contributed by atoms with van der Waals surface area (Å²) in [6.07, 6.45) is 3.46. The quantitative estimate of drug-likeness (QED) is 0.129. The van der Waals surface area contributed by atoms with E-state index >= 15 is 0 Å². The summed E-state index contributed by atoms with van der Waals surface area (Å²) in [5.74, 6) is 2.13. The summed E-state index contributed by atoms with van der Waals surface area (Å²) in [5.41, 5.74) is 9.51. The molecule has 0 aliphatic carbocycles. The second-order valence-electron chi connectivity index (χ2n) is 10.7. The Morgan fingerprint density at radius 3 is 2.36 bits per heavy atom. The molecule has 1 heterocycles. The van der Waals surface area contributed by atoms with Crippen molar-refractivity contribution in [1.29, 1.82) is 0 Å². The summed E-state index contributed by atoms with van der Waals surface area (Å²) >= 11 is 0. The number of hydrogen-bond donors (Lipinski definition) is 1. The van der Waals surface area contributed by atoms with Crippen LogP contribution in [-0.2, 0) is 6.61 Å². The summed E-state index contributed by atoms with van der Waals surface area (Å²) in [5, 5.41) is 9.07. The molecule has 0 fully saturated rings. The number of nitrogens with zero attached hydrogens (tertiary/aromatic N) is 3. The third-order valence-electron chi connectivity index (χ3n) is 7.19. The van der Waals surface area contributed by atoms with Gasteiger partial charge in [0, 0.05) is 22.9 Å². The molecular formula is C36H36N4O4. The SMILES string of the molecule is COc1ccc(-c2nn(-c3ccccc3)cc2/C=N/NC(=O)c2ccc(COc3cc(C)ccc3C(C)C)cc2)cc1OC. The van der Waals surface area contributed by atoms with Crippen LogP contribution in [0.25, 0.3) is 16.9 Å². The number of rotatable bonds is 11. The monoisotopic (exact) mass is 588 g/mol. The number of aromatic nitrogens is 2. The minimum Gasteiger partial charge on any atom is -0.493 e. The van der Waals surface area contributed by atoms with Crippen molar-refractivity contribution in [2.24, 2.45) is 5.10 Å². The molecule has 0 saturated heterocycles. The maximum Gasteiger partial charge on any atom is 0.271 e. The lowest BCUT2D eigenvalue weighted by atomic mass is 10.0. The predicted molar refractivity (Wildman–Crippen MR) is 173 cm³/mol. The number of hydrazone groups is 1. The van der Waals surface area contributed by atoms with Gasteiger partial charge in [0.1, 0.15) is 18.1 Å². The van der Waals surface area contributed by atoms with Gasteiger partial charge in [0.05, 0.1) is 26.1 Å². The summed E-state index contributed by atoms with van der Waals surface area (Å²) < 4.78 is 18.8. The van der Waals surface area contributed by atoms with E-state index in [1.807, 2.05) is 66.9 Å². The molecule has 0 atom stereocenters. The molecule has 0 unspecified atom stereocenters. The highest BCUT2D eigenvalue weighted by Crippen LogP contribution is 2.33. The Kier molecular flexibility index (Phi) is 9.40. The highest BCUT2D eigenvalue weighted by Gasteiger charge is 2.15. The van der Waals surface area contributed by atoms with Crippen molar-refractivity contribution < 1.29 is 19.0 Å². The number of carbonyl (C=O) groups excluding carboxylic acids is 1. The second-order valence-corrected chi connectivity index (χ2v) is 10.7. The maximum absolute atomic E-state index is 12.9. The standard InChI is InChI=1S/C36H36N4O4/c1-24(2)31-17-11-25(3)19-33(31)44-23-26-12-14-27(15-13-26)36(41)38-37-21-29-22-40(30-9-7-6-8-10-30)39-35(29)28-16-18-32(42-4)34(20-28)43-5/h6-22,24H,23H2,1-5H3,(H,38,41)/b37-21+. The Morgan fingerprint density at radius 1 is 0.909 bits per heavy atom. The van der Waals surface area contributed by atoms with Crippen LogP contribution in [0, 0.1) is 6.92 Å². The van der Waals surface area contributed by atoms with E-state index in [-0.39, 0.29) is 5.91 Å². The van der Waals surface area contributed by atoms with Crippen molar-refractivity contribution in [3.8, 4) is 34.2 Å². The van der Waals surface area contributed by atoms with Crippen LogP contribution in [0.2, 0.25) is 0 Å². The lowest BCUT2D eigenvalue weighted by Gasteiger charge is -2.15. The number of para-hydroxylation sites is 1. The molecule has 8 nitrogen and oxygen atoms in total. The molecule has 0 spiro atoms. The third kappa shape index (κ3) is 6.98. The zero-order chi connectivity index (χ0) is 31.1. The molecule has 0 aliphatic rings. The van der Waals surface area contributed by atoms with Crippen LogP contribution in [-0.4, -0.2) is 36.1 Å². The lowest BCUT2D eigenvalue weighted by Crippen LogP contribution is -2.17. The van der Waals surface area contributed by atoms with Gasteiger partial charge in [-0.05, 0) is 78.1 Å². The molecule has 224 valence electrons. The van der Waals surface area contributed by atoms with Crippen LogP contribution in [0.1, 0.15) is 52.4 Å². The molecule has 0 bridgehead atoms. The van der Waals surface area contributed by atoms with Crippen molar-refractivity contribution in [3.05, 3.63) is 125 Å². The van der Waals surface area contributed by atoms with E-state index in [9.17, 15) is 4.79 Å². The van der Waals surface area contributed by atoms with Gasteiger partial charge in [-0.1, -0.05) is 56.3 Å². The first kappa shape index (κ1) is 30.1. The summed E-state index contributed by atoms with van der Waals surface area (Å²) in [4.78, 5) is 12.9. The van der Waals surface area contributed by atoms with Gasteiger partial charge in [-0.25, -0.2) is 10.1 Å². The first-order chi connectivity index (χ1) is 21.4. The van der Waals surface area contributed by atoms with Crippen molar-refractivity contribution in [2.75, 3.05) is 14.2 Å². The smallest absolute Gasteiger partial charge is 0.271 e. The van der Waals surface area contributed by atoms with Gasteiger partial charge in [-0.2, -0.15) is 10.2 Å². The Bertz CT molecular complexity index is 1760. The Labute approximate surface area is 257 Å². The fourth-order valence-corrected chi connectivity index (χ4v) is 4.78. The Balaban J connectivity index is 1.30.